The number of benzene rings is 2. The molecule has 2 aromatic rings. The standard InChI is InChI=1S/C16H14N2O2S/c1-20-14-6-2-4-12(10-14)16(19)18-13-5-3-7-15(11-13)21-9-8-17/h2-7,10-11H,9H2,1H3,(H,18,19). The van der Waals surface area contributed by atoms with Crippen LogP contribution in [0.15, 0.2) is 53.4 Å². The van der Waals surface area contributed by atoms with Crippen molar-refractivity contribution in [1.29, 1.82) is 5.26 Å². The number of rotatable bonds is 5. The van der Waals surface area contributed by atoms with Crippen molar-refractivity contribution in [2.45, 2.75) is 4.90 Å². The Morgan fingerprint density at radius 2 is 2.10 bits per heavy atom. The summed E-state index contributed by atoms with van der Waals surface area (Å²) in [5.41, 5.74) is 1.23. The Hall–Kier alpha value is -2.45. The zero-order chi connectivity index (χ0) is 15.1. The first kappa shape index (κ1) is 14.9. The van der Waals surface area contributed by atoms with E-state index in [-0.39, 0.29) is 5.91 Å². The van der Waals surface area contributed by atoms with Crippen LogP contribution in [0.25, 0.3) is 0 Å². The topological polar surface area (TPSA) is 62.1 Å². The minimum absolute atomic E-state index is 0.198. The molecule has 0 aromatic heterocycles. The molecule has 0 fully saturated rings. The zero-order valence-electron chi connectivity index (χ0n) is 11.5. The molecule has 1 N–H and O–H groups in total. The number of nitrogens with zero attached hydrogens (tertiary/aromatic N) is 1. The van der Waals surface area contributed by atoms with Crippen molar-refractivity contribution in [1.82, 2.24) is 0 Å². The molecule has 0 saturated heterocycles. The summed E-state index contributed by atoms with van der Waals surface area (Å²) in [6.45, 7) is 0. The van der Waals surface area contributed by atoms with Gasteiger partial charge in [-0.05, 0) is 36.4 Å². The van der Waals surface area contributed by atoms with E-state index in [4.69, 9.17) is 10.00 Å². The number of methoxy groups -OCH3 is 1. The largest absolute Gasteiger partial charge is 0.497 e. The highest BCUT2D eigenvalue weighted by molar-refractivity contribution is 7.99. The molecule has 0 radical (unpaired) electrons. The number of anilines is 1. The maximum Gasteiger partial charge on any atom is 0.255 e. The number of carbonyl (C=O) groups is 1. The molecule has 0 spiro atoms. The highest BCUT2D eigenvalue weighted by Gasteiger charge is 2.07. The molecular weight excluding hydrogens is 284 g/mol. The molecule has 0 heterocycles. The van der Waals surface area contributed by atoms with Gasteiger partial charge in [0.2, 0.25) is 0 Å². The minimum atomic E-state index is -0.198. The van der Waals surface area contributed by atoms with Crippen molar-refractivity contribution in [3.05, 3.63) is 54.1 Å². The van der Waals surface area contributed by atoms with Gasteiger partial charge in [0.25, 0.3) is 5.91 Å². The lowest BCUT2D eigenvalue weighted by molar-refractivity contribution is 0.102. The number of carbonyl (C=O) groups excluding carboxylic acids is 1. The van der Waals surface area contributed by atoms with Crippen molar-refractivity contribution in [2.24, 2.45) is 0 Å². The van der Waals surface area contributed by atoms with Crippen LogP contribution in [-0.4, -0.2) is 18.8 Å². The van der Waals surface area contributed by atoms with E-state index in [1.807, 2.05) is 24.3 Å². The molecule has 2 rings (SSSR count). The highest BCUT2D eigenvalue weighted by atomic mass is 32.2. The van der Waals surface area contributed by atoms with Gasteiger partial charge in [0, 0.05) is 16.1 Å². The van der Waals surface area contributed by atoms with Gasteiger partial charge in [-0.1, -0.05) is 12.1 Å². The van der Waals surface area contributed by atoms with E-state index in [2.05, 4.69) is 11.4 Å². The lowest BCUT2D eigenvalue weighted by Crippen LogP contribution is -2.11. The second-order valence-corrected chi connectivity index (χ2v) is 5.21. The average molecular weight is 298 g/mol. The maximum absolute atomic E-state index is 12.2. The fourth-order valence-electron chi connectivity index (χ4n) is 1.75. The fourth-order valence-corrected chi connectivity index (χ4v) is 2.36. The Labute approximate surface area is 127 Å². The Bertz CT molecular complexity index is 680. The Morgan fingerprint density at radius 3 is 2.86 bits per heavy atom. The second kappa shape index (κ2) is 7.36. The summed E-state index contributed by atoms with van der Waals surface area (Å²) < 4.78 is 5.10. The van der Waals surface area contributed by atoms with E-state index >= 15 is 0 Å². The van der Waals surface area contributed by atoms with E-state index in [0.717, 1.165) is 4.90 Å². The molecule has 21 heavy (non-hydrogen) atoms. The molecule has 1 amide bonds. The van der Waals surface area contributed by atoms with E-state index in [1.165, 1.54) is 11.8 Å². The molecule has 4 nitrogen and oxygen atoms in total. The van der Waals surface area contributed by atoms with Crippen LogP contribution >= 0.6 is 11.8 Å². The van der Waals surface area contributed by atoms with Crippen molar-refractivity contribution in [3.8, 4) is 11.8 Å². The van der Waals surface area contributed by atoms with E-state index in [1.54, 1.807) is 31.4 Å². The van der Waals surface area contributed by atoms with Crippen LogP contribution in [0.3, 0.4) is 0 Å². The molecule has 5 heteroatoms. The molecule has 106 valence electrons. The smallest absolute Gasteiger partial charge is 0.255 e. The first-order valence-corrected chi connectivity index (χ1v) is 7.26. The maximum atomic E-state index is 12.2. The van der Waals surface area contributed by atoms with Gasteiger partial charge < -0.3 is 10.1 Å². The van der Waals surface area contributed by atoms with Crippen molar-refractivity contribution >= 4 is 23.4 Å². The summed E-state index contributed by atoms with van der Waals surface area (Å²) in [5.74, 6) is 0.824. The fraction of sp³-hybridized carbons (Fsp3) is 0.125. The van der Waals surface area contributed by atoms with E-state index in [0.29, 0.717) is 22.8 Å². The first-order chi connectivity index (χ1) is 10.2. The quantitative estimate of drug-likeness (QED) is 0.857. The van der Waals surface area contributed by atoms with Crippen LogP contribution in [0.4, 0.5) is 5.69 Å². The van der Waals surface area contributed by atoms with Crippen LogP contribution in [0, 0.1) is 11.3 Å². The molecule has 0 aliphatic carbocycles. The normalized spacial score (nSPS) is 9.71. The number of hydrogen-bond donors (Lipinski definition) is 1. The molecule has 0 aliphatic rings. The molecular formula is C16H14N2O2S. The summed E-state index contributed by atoms with van der Waals surface area (Å²) in [6.07, 6.45) is 0. The average Bonchev–Trinajstić information content (AvgIpc) is 2.53. The van der Waals surface area contributed by atoms with Gasteiger partial charge >= 0.3 is 0 Å². The molecule has 0 saturated carbocycles. The lowest BCUT2D eigenvalue weighted by Gasteiger charge is -2.08. The zero-order valence-corrected chi connectivity index (χ0v) is 12.3. The summed E-state index contributed by atoms with van der Waals surface area (Å²) in [4.78, 5) is 13.1. The first-order valence-electron chi connectivity index (χ1n) is 6.28. The third-order valence-electron chi connectivity index (χ3n) is 2.73. The van der Waals surface area contributed by atoms with E-state index < -0.39 is 0 Å². The number of thioether (sulfide) groups is 1. The predicted molar refractivity (Wildman–Crippen MR) is 83.7 cm³/mol. The summed E-state index contributed by atoms with van der Waals surface area (Å²) in [6, 6.07) is 16.5. The Kier molecular flexibility index (Phi) is 5.24. The van der Waals surface area contributed by atoms with E-state index in [9.17, 15) is 4.79 Å². The monoisotopic (exact) mass is 298 g/mol. The number of amides is 1. The molecule has 0 unspecified atom stereocenters. The van der Waals surface area contributed by atoms with Gasteiger partial charge in [-0.25, -0.2) is 0 Å². The van der Waals surface area contributed by atoms with Gasteiger partial charge in [-0.15, -0.1) is 11.8 Å². The number of nitrogens with one attached hydrogen (secondary N) is 1. The summed E-state index contributed by atoms with van der Waals surface area (Å²) in [7, 11) is 1.56. The van der Waals surface area contributed by atoms with Gasteiger partial charge in [0.1, 0.15) is 5.75 Å². The molecule has 0 aliphatic heterocycles. The molecule has 2 aromatic carbocycles. The van der Waals surface area contributed by atoms with Crippen molar-refractivity contribution in [3.63, 3.8) is 0 Å². The lowest BCUT2D eigenvalue weighted by atomic mass is 10.2. The van der Waals surface area contributed by atoms with Crippen LogP contribution in [0.1, 0.15) is 10.4 Å². The van der Waals surface area contributed by atoms with Crippen LogP contribution < -0.4 is 10.1 Å². The minimum Gasteiger partial charge on any atom is -0.497 e. The number of nitriles is 1. The van der Waals surface area contributed by atoms with Gasteiger partial charge in [-0.3, -0.25) is 4.79 Å². The van der Waals surface area contributed by atoms with Crippen LogP contribution in [-0.2, 0) is 0 Å². The van der Waals surface area contributed by atoms with Gasteiger partial charge in [-0.2, -0.15) is 5.26 Å². The second-order valence-electron chi connectivity index (χ2n) is 4.16. The molecule has 0 bridgehead atoms. The third-order valence-corrected chi connectivity index (χ3v) is 3.59. The van der Waals surface area contributed by atoms with Gasteiger partial charge in [0.05, 0.1) is 18.9 Å². The van der Waals surface area contributed by atoms with Crippen LogP contribution in [0.2, 0.25) is 0 Å². The Balaban J connectivity index is 2.10. The number of ether oxygens (including phenoxy) is 1. The third kappa shape index (κ3) is 4.26. The predicted octanol–water partition coefficient (Wildman–Crippen LogP) is 3.56. The summed E-state index contributed by atoms with van der Waals surface area (Å²) >= 11 is 1.43. The summed E-state index contributed by atoms with van der Waals surface area (Å²) in [5, 5.41) is 11.4. The highest BCUT2D eigenvalue weighted by Crippen LogP contribution is 2.22. The van der Waals surface area contributed by atoms with Gasteiger partial charge in [0.15, 0.2) is 0 Å². The molecule has 0 atom stereocenters. The number of hydrogen-bond acceptors (Lipinski definition) is 4. The Morgan fingerprint density at radius 1 is 1.29 bits per heavy atom. The van der Waals surface area contributed by atoms with Crippen molar-refractivity contribution < 1.29 is 9.53 Å². The van der Waals surface area contributed by atoms with Crippen molar-refractivity contribution in [2.75, 3.05) is 18.2 Å². The SMILES string of the molecule is COc1cccc(C(=O)Nc2cccc(SCC#N)c2)c1. The van der Waals surface area contributed by atoms with Crippen LogP contribution in [0.5, 0.6) is 5.75 Å².